The third kappa shape index (κ3) is 5.78. The number of likely N-dealkylation sites (tertiary alicyclic amines) is 1. The minimum atomic E-state index is -1.44. The highest BCUT2D eigenvalue weighted by atomic mass is 16.6. The molecule has 228 valence electrons. The van der Waals surface area contributed by atoms with Gasteiger partial charge in [0.25, 0.3) is 5.91 Å². The molecule has 2 aliphatic rings. The van der Waals surface area contributed by atoms with Crippen molar-refractivity contribution in [2.45, 2.75) is 49.8 Å². The largest absolute Gasteiger partial charge is 0.387 e. The lowest BCUT2D eigenvalue weighted by Crippen LogP contribution is -2.52. The van der Waals surface area contributed by atoms with Crippen LogP contribution in [-0.2, 0) is 16.6 Å². The van der Waals surface area contributed by atoms with Crippen LogP contribution in [0.2, 0.25) is 0 Å². The zero-order chi connectivity index (χ0) is 30.1. The molecule has 0 spiro atoms. The number of aliphatic hydroxyl groups excluding tert-OH is 2. The molecule has 0 saturated carbocycles. The topological polar surface area (TPSA) is 173 Å². The molecule has 0 unspecified atom stereocenters. The lowest BCUT2D eigenvalue weighted by molar-refractivity contribution is -0.152. The summed E-state index contributed by atoms with van der Waals surface area (Å²) in [5.74, 6) is 0.684. The number of nitrogens with one attached hydrogen (secondary N) is 1. The van der Waals surface area contributed by atoms with E-state index in [1.807, 2.05) is 36.2 Å². The first kappa shape index (κ1) is 29.0. The maximum absolute atomic E-state index is 14.1. The predicted molar refractivity (Wildman–Crippen MR) is 160 cm³/mol. The third-order valence-electron chi connectivity index (χ3n) is 8.34. The van der Waals surface area contributed by atoms with Gasteiger partial charge in [0.1, 0.15) is 35.8 Å². The third-order valence-corrected chi connectivity index (χ3v) is 8.34. The van der Waals surface area contributed by atoms with Crippen molar-refractivity contribution in [2.75, 3.05) is 44.3 Å². The number of amides is 1. The molecule has 14 nitrogen and oxygen atoms in total. The maximum atomic E-state index is 14.1. The standard InChI is InChI=1S/C29H38N10O4/c1-36-13-7-18(8-14-36)38(12-5-11-32-21-6-3-4-10-31-21)28(42)25-23(40)24(41)29(43-25)39-16-19(20-9-15-37(2)35-20)22-26(30)33-17-34-27(22)39/h3-4,6,9-10,15-18,23-25,29,40-41H,5,7-8,11-14H2,1-2H3,(H,31,32)(H2,30,33,34)/t23-,24+,25-,29+/m0/s1. The number of ether oxygens (including phenoxy) is 1. The highest BCUT2D eigenvalue weighted by Crippen LogP contribution is 2.38. The quantitative estimate of drug-likeness (QED) is 0.204. The van der Waals surface area contributed by atoms with E-state index in [1.54, 1.807) is 27.8 Å². The van der Waals surface area contributed by atoms with Crippen LogP contribution >= 0.6 is 0 Å². The summed E-state index contributed by atoms with van der Waals surface area (Å²) in [7, 11) is 3.88. The summed E-state index contributed by atoms with van der Waals surface area (Å²) in [6, 6.07) is 7.50. The van der Waals surface area contributed by atoms with Gasteiger partial charge in [-0.15, -0.1) is 0 Å². The van der Waals surface area contributed by atoms with Crippen LogP contribution in [0, 0.1) is 0 Å². The fraction of sp³-hybridized carbons (Fsp3) is 0.483. The number of carbonyl (C=O) groups is 1. The molecule has 2 saturated heterocycles. The first-order chi connectivity index (χ1) is 20.8. The van der Waals surface area contributed by atoms with Gasteiger partial charge in [-0.3, -0.25) is 9.48 Å². The van der Waals surface area contributed by atoms with Crippen molar-refractivity contribution in [1.82, 2.24) is 39.1 Å². The Morgan fingerprint density at radius 3 is 2.67 bits per heavy atom. The van der Waals surface area contributed by atoms with Crippen LogP contribution in [0.3, 0.4) is 0 Å². The van der Waals surface area contributed by atoms with Gasteiger partial charge in [-0.25, -0.2) is 15.0 Å². The van der Waals surface area contributed by atoms with Gasteiger partial charge in [0.2, 0.25) is 0 Å². The fourth-order valence-corrected chi connectivity index (χ4v) is 6.02. The van der Waals surface area contributed by atoms with Gasteiger partial charge >= 0.3 is 0 Å². The van der Waals surface area contributed by atoms with Crippen molar-refractivity contribution in [3.05, 3.63) is 49.2 Å². The van der Waals surface area contributed by atoms with Crippen molar-refractivity contribution >= 4 is 28.6 Å². The average molecular weight is 591 g/mol. The monoisotopic (exact) mass is 590 g/mol. The summed E-state index contributed by atoms with van der Waals surface area (Å²) in [4.78, 5) is 31.0. The smallest absolute Gasteiger partial charge is 0.254 e. The summed E-state index contributed by atoms with van der Waals surface area (Å²) in [6.45, 7) is 2.83. The van der Waals surface area contributed by atoms with E-state index >= 15 is 0 Å². The Balaban J connectivity index is 1.24. The van der Waals surface area contributed by atoms with Gasteiger partial charge in [0, 0.05) is 50.3 Å². The number of aryl methyl sites for hydroxylation is 1. The first-order valence-corrected chi connectivity index (χ1v) is 14.6. The summed E-state index contributed by atoms with van der Waals surface area (Å²) < 4.78 is 9.49. The van der Waals surface area contributed by atoms with Gasteiger partial charge in [0.15, 0.2) is 12.3 Å². The van der Waals surface area contributed by atoms with E-state index in [1.165, 1.54) is 6.33 Å². The number of piperidine rings is 1. The van der Waals surface area contributed by atoms with Gasteiger partial charge in [0.05, 0.1) is 11.1 Å². The van der Waals surface area contributed by atoms with Crippen LogP contribution in [0.15, 0.2) is 49.2 Å². The molecule has 5 N–H and O–H groups in total. The van der Waals surface area contributed by atoms with Crippen LogP contribution in [0.1, 0.15) is 25.5 Å². The number of anilines is 2. The minimum Gasteiger partial charge on any atom is -0.387 e. The second-order valence-electron chi connectivity index (χ2n) is 11.3. The Hall–Kier alpha value is -4.11. The molecule has 2 fully saturated rings. The highest BCUT2D eigenvalue weighted by molar-refractivity contribution is 5.99. The van der Waals surface area contributed by atoms with Gasteiger partial charge < -0.3 is 40.4 Å². The number of aliphatic hydroxyl groups is 2. The number of nitrogen functional groups attached to an aromatic ring is 1. The zero-order valence-corrected chi connectivity index (χ0v) is 24.3. The van der Waals surface area contributed by atoms with Crippen molar-refractivity contribution < 1.29 is 19.7 Å². The van der Waals surface area contributed by atoms with Crippen molar-refractivity contribution in [1.29, 1.82) is 0 Å². The number of fused-ring (bicyclic) bond motifs is 1. The number of hydrogen-bond donors (Lipinski definition) is 4. The Labute approximate surface area is 249 Å². The number of hydrogen-bond acceptors (Lipinski definition) is 11. The molecule has 0 aliphatic carbocycles. The zero-order valence-electron chi connectivity index (χ0n) is 24.3. The molecular weight excluding hydrogens is 552 g/mol. The van der Waals surface area contributed by atoms with E-state index in [-0.39, 0.29) is 17.8 Å². The van der Waals surface area contributed by atoms with E-state index in [9.17, 15) is 15.0 Å². The Morgan fingerprint density at radius 1 is 1.14 bits per heavy atom. The summed E-state index contributed by atoms with van der Waals surface area (Å²) in [5.41, 5.74) is 7.96. The first-order valence-electron chi connectivity index (χ1n) is 14.6. The lowest BCUT2D eigenvalue weighted by atomic mass is 10.0. The molecule has 0 bridgehead atoms. The van der Waals surface area contributed by atoms with E-state index < -0.39 is 24.5 Å². The molecule has 2 aliphatic heterocycles. The molecule has 0 aromatic carbocycles. The number of aromatic nitrogens is 6. The highest BCUT2D eigenvalue weighted by Gasteiger charge is 2.49. The number of carbonyl (C=O) groups excluding carboxylic acids is 1. The Kier molecular flexibility index (Phi) is 8.25. The second-order valence-corrected chi connectivity index (χ2v) is 11.3. The van der Waals surface area contributed by atoms with Gasteiger partial charge in [-0.2, -0.15) is 5.10 Å². The minimum absolute atomic E-state index is 0.00116. The number of rotatable bonds is 9. The molecular formula is C29H38N10O4. The molecule has 14 heteroatoms. The number of pyridine rings is 1. The summed E-state index contributed by atoms with van der Waals surface area (Å²) in [6.07, 6.45) is 3.74. The van der Waals surface area contributed by atoms with E-state index in [0.29, 0.717) is 41.8 Å². The molecule has 1 amide bonds. The average Bonchev–Trinajstić information content (AvgIpc) is 3.70. The van der Waals surface area contributed by atoms with E-state index in [2.05, 4.69) is 37.3 Å². The lowest BCUT2D eigenvalue weighted by Gasteiger charge is -2.38. The van der Waals surface area contributed by atoms with Crippen LogP contribution < -0.4 is 11.1 Å². The van der Waals surface area contributed by atoms with E-state index in [0.717, 1.165) is 31.7 Å². The summed E-state index contributed by atoms with van der Waals surface area (Å²) >= 11 is 0. The summed E-state index contributed by atoms with van der Waals surface area (Å²) in [5, 5.41) is 30.7. The van der Waals surface area contributed by atoms with Gasteiger partial charge in [-0.1, -0.05) is 6.07 Å². The molecule has 4 aromatic heterocycles. The van der Waals surface area contributed by atoms with Crippen LogP contribution in [-0.4, -0.2) is 113 Å². The number of nitrogens with zero attached hydrogens (tertiary/aromatic N) is 8. The fourth-order valence-electron chi connectivity index (χ4n) is 6.02. The molecule has 6 rings (SSSR count). The Bertz CT molecular complexity index is 1550. The van der Waals surface area contributed by atoms with Crippen molar-refractivity contribution in [3.8, 4) is 11.3 Å². The molecule has 43 heavy (non-hydrogen) atoms. The normalized spacial score (nSPS) is 23.2. The van der Waals surface area contributed by atoms with Gasteiger partial charge in [-0.05, 0) is 57.6 Å². The molecule has 6 heterocycles. The van der Waals surface area contributed by atoms with Crippen LogP contribution in [0.25, 0.3) is 22.3 Å². The maximum Gasteiger partial charge on any atom is 0.254 e. The second kappa shape index (κ2) is 12.2. The molecule has 4 atom stereocenters. The van der Waals surface area contributed by atoms with Crippen molar-refractivity contribution in [3.63, 3.8) is 0 Å². The molecule has 0 radical (unpaired) electrons. The van der Waals surface area contributed by atoms with Crippen LogP contribution in [0.5, 0.6) is 0 Å². The number of nitrogens with two attached hydrogens (primary N) is 1. The van der Waals surface area contributed by atoms with Crippen LogP contribution in [0.4, 0.5) is 11.6 Å². The van der Waals surface area contributed by atoms with E-state index in [4.69, 9.17) is 10.5 Å². The SMILES string of the molecule is CN1CCC(N(CCCNc2ccccn2)C(=O)[C@H]2O[C@@H](n3cc(-c4ccn(C)n4)c4c(N)ncnc43)[C@H](O)[C@@H]2O)CC1. The predicted octanol–water partition coefficient (Wildman–Crippen LogP) is 0.853. The van der Waals surface area contributed by atoms with Crippen molar-refractivity contribution in [2.24, 2.45) is 7.05 Å². The Morgan fingerprint density at radius 2 is 1.95 bits per heavy atom. The molecule has 4 aromatic rings.